The maximum absolute atomic E-state index is 9.64. The molecular formula is C14H19N3O2S2. The van der Waals surface area contributed by atoms with Crippen LogP contribution in [0.1, 0.15) is 19.8 Å². The van der Waals surface area contributed by atoms with Crippen LogP contribution in [-0.2, 0) is 6.67 Å². The van der Waals surface area contributed by atoms with Gasteiger partial charge in [-0.15, -0.1) is 16.4 Å². The van der Waals surface area contributed by atoms with Crippen LogP contribution >= 0.6 is 23.6 Å². The molecule has 1 saturated heterocycles. The first-order valence-electron chi connectivity index (χ1n) is 7.16. The monoisotopic (exact) mass is 325 g/mol. The molecule has 0 spiro atoms. The summed E-state index contributed by atoms with van der Waals surface area (Å²) in [5.41, 5.74) is 0. The van der Waals surface area contributed by atoms with E-state index in [-0.39, 0.29) is 6.10 Å². The van der Waals surface area contributed by atoms with Crippen molar-refractivity contribution in [2.24, 2.45) is 5.92 Å². The molecule has 1 N–H and O–H groups in total. The number of aromatic nitrogens is 2. The third-order valence-corrected chi connectivity index (χ3v) is 5.14. The van der Waals surface area contributed by atoms with E-state index in [9.17, 15) is 5.11 Å². The molecule has 1 unspecified atom stereocenters. The molecule has 0 bridgehead atoms. The highest BCUT2D eigenvalue weighted by Crippen LogP contribution is 2.24. The van der Waals surface area contributed by atoms with Crippen LogP contribution in [-0.4, -0.2) is 39.0 Å². The maximum atomic E-state index is 9.64. The van der Waals surface area contributed by atoms with E-state index >= 15 is 0 Å². The summed E-state index contributed by atoms with van der Waals surface area (Å²) < 4.78 is 7.31. The molecule has 2 aromatic heterocycles. The van der Waals surface area contributed by atoms with Gasteiger partial charge in [-0.25, -0.2) is 4.68 Å². The van der Waals surface area contributed by atoms with Crippen LogP contribution in [0, 0.1) is 10.8 Å². The normalized spacial score (nSPS) is 19.0. The average molecular weight is 325 g/mol. The number of nitrogens with zero attached hydrogens (tertiary/aromatic N) is 3. The van der Waals surface area contributed by atoms with Crippen molar-refractivity contribution in [2.45, 2.75) is 32.5 Å². The van der Waals surface area contributed by atoms with Gasteiger partial charge in [-0.2, -0.15) is 0 Å². The Hall–Kier alpha value is -1.02. The molecule has 21 heavy (non-hydrogen) atoms. The number of likely N-dealkylation sites (tertiary alicyclic amines) is 1. The minimum atomic E-state index is -0.216. The number of piperidine rings is 1. The fraction of sp³-hybridized carbons (Fsp3) is 0.571. The molecule has 1 aliphatic rings. The molecule has 0 aliphatic carbocycles. The van der Waals surface area contributed by atoms with Crippen molar-refractivity contribution in [3.8, 4) is 10.8 Å². The quantitative estimate of drug-likeness (QED) is 0.876. The molecule has 5 nitrogen and oxygen atoms in total. The van der Waals surface area contributed by atoms with Gasteiger partial charge in [0.1, 0.15) is 0 Å². The topological polar surface area (TPSA) is 54.4 Å². The first-order chi connectivity index (χ1) is 10.1. The van der Waals surface area contributed by atoms with Crippen molar-refractivity contribution in [1.29, 1.82) is 0 Å². The van der Waals surface area contributed by atoms with Crippen molar-refractivity contribution in [3.05, 3.63) is 22.4 Å². The summed E-state index contributed by atoms with van der Waals surface area (Å²) in [5.74, 6) is 1.00. The van der Waals surface area contributed by atoms with Gasteiger partial charge in [-0.05, 0) is 49.3 Å². The van der Waals surface area contributed by atoms with Crippen LogP contribution in [0.4, 0.5) is 0 Å². The molecule has 0 saturated carbocycles. The SMILES string of the molecule is CC(O)C1CCN(Cn2nc(-c3cccs3)oc2=S)CC1. The summed E-state index contributed by atoms with van der Waals surface area (Å²) in [6.45, 7) is 4.44. The van der Waals surface area contributed by atoms with E-state index in [0.29, 0.717) is 23.3 Å². The van der Waals surface area contributed by atoms with Gasteiger partial charge >= 0.3 is 0 Å². The minimum Gasteiger partial charge on any atom is -0.408 e. The lowest BCUT2D eigenvalue weighted by Crippen LogP contribution is -2.38. The van der Waals surface area contributed by atoms with E-state index in [4.69, 9.17) is 16.6 Å². The number of rotatable bonds is 4. The Morgan fingerprint density at radius 2 is 2.29 bits per heavy atom. The zero-order valence-electron chi connectivity index (χ0n) is 11.9. The highest BCUT2D eigenvalue weighted by molar-refractivity contribution is 7.71. The van der Waals surface area contributed by atoms with Crippen molar-refractivity contribution < 1.29 is 9.52 Å². The van der Waals surface area contributed by atoms with Gasteiger partial charge in [-0.3, -0.25) is 4.90 Å². The summed E-state index contributed by atoms with van der Waals surface area (Å²) >= 11 is 6.84. The fourth-order valence-corrected chi connectivity index (χ4v) is 3.48. The lowest BCUT2D eigenvalue weighted by molar-refractivity contribution is 0.0588. The van der Waals surface area contributed by atoms with E-state index < -0.39 is 0 Å². The number of hydrogen-bond donors (Lipinski definition) is 1. The van der Waals surface area contributed by atoms with Crippen LogP contribution in [0.15, 0.2) is 21.9 Å². The van der Waals surface area contributed by atoms with E-state index in [0.717, 1.165) is 30.8 Å². The van der Waals surface area contributed by atoms with Gasteiger partial charge < -0.3 is 9.52 Å². The Morgan fingerprint density at radius 3 is 2.90 bits per heavy atom. The summed E-state index contributed by atoms with van der Waals surface area (Å²) in [6.07, 6.45) is 1.81. The predicted octanol–water partition coefficient (Wildman–Crippen LogP) is 2.98. The van der Waals surface area contributed by atoms with Crippen molar-refractivity contribution in [1.82, 2.24) is 14.7 Å². The fourth-order valence-electron chi connectivity index (χ4n) is 2.66. The van der Waals surface area contributed by atoms with E-state index in [1.165, 1.54) is 0 Å². The summed E-state index contributed by atoms with van der Waals surface area (Å²) in [6, 6.07) is 3.95. The summed E-state index contributed by atoms with van der Waals surface area (Å²) in [5, 5.41) is 16.1. The van der Waals surface area contributed by atoms with Crippen LogP contribution in [0.5, 0.6) is 0 Å². The molecule has 1 aliphatic heterocycles. The van der Waals surface area contributed by atoms with Gasteiger partial charge in [-0.1, -0.05) is 6.07 Å². The molecule has 114 valence electrons. The Morgan fingerprint density at radius 1 is 1.52 bits per heavy atom. The maximum Gasteiger partial charge on any atom is 0.288 e. The molecule has 2 aromatic rings. The van der Waals surface area contributed by atoms with Crippen LogP contribution < -0.4 is 0 Å². The molecule has 3 heterocycles. The highest BCUT2D eigenvalue weighted by atomic mass is 32.1. The van der Waals surface area contributed by atoms with E-state index in [1.807, 2.05) is 24.4 Å². The summed E-state index contributed by atoms with van der Waals surface area (Å²) in [7, 11) is 0. The first-order valence-corrected chi connectivity index (χ1v) is 8.44. The third-order valence-electron chi connectivity index (χ3n) is 3.99. The Kier molecular flexibility index (Phi) is 4.54. The average Bonchev–Trinajstić information content (AvgIpc) is 3.10. The van der Waals surface area contributed by atoms with Gasteiger partial charge in [0.05, 0.1) is 17.6 Å². The molecule has 1 atom stereocenters. The molecule has 0 radical (unpaired) electrons. The second kappa shape index (κ2) is 6.39. The van der Waals surface area contributed by atoms with Crippen molar-refractivity contribution in [2.75, 3.05) is 13.1 Å². The van der Waals surface area contributed by atoms with Gasteiger partial charge in [0.2, 0.25) is 0 Å². The standard InChI is InChI=1S/C14H19N3O2S2/c1-10(18)11-4-6-16(7-5-11)9-17-14(20)19-13(15-17)12-3-2-8-21-12/h2-3,8,10-11,18H,4-7,9H2,1H3. The first kappa shape index (κ1) is 14.9. The zero-order chi connectivity index (χ0) is 14.8. The number of aliphatic hydroxyl groups excluding tert-OH is 1. The van der Waals surface area contributed by atoms with Gasteiger partial charge in [0, 0.05) is 13.1 Å². The molecule has 0 aromatic carbocycles. The third kappa shape index (κ3) is 3.42. The summed E-state index contributed by atoms with van der Waals surface area (Å²) in [4.78, 5) is 3.71. The van der Waals surface area contributed by atoms with Crippen LogP contribution in [0.2, 0.25) is 0 Å². The number of thiophene rings is 1. The van der Waals surface area contributed by atoms with E-state index in [2.05, 4.69) is 10.00 Å². The van der Waals surface area contributed by atoms with Gasteiger partial charge in [0.15, 0.2) is 0 Å². The zero-order valence-corrected chi connectivity index (χ0v) is 13.6. The Labute approximate surface area is 132 Å². The second-order valence-corrected chi connectivity index (χ2v) is 6.78. The van der Waals surface area contributed by atoms with Crippen LogP contribution in [0.3, 0.4) is 0 Å². The lowest BCUT2D eigenvalue weighted by Gasteiger charge is -2.32. The second-order valence-electron chi connectivity index (χ2n) is 5.49. The molecule has 3 rings (SSSR count). The number of aliphatic hydroxyl groups is 1. The van der Waals surface area contributed by atoms with Crippen molar-refractivity contribution >= 4 is 23.6 Å². The molecular weight excluding hydrogens is 306 g/mol. The molecule has 7 heteroatoms. The molecule has 0 amide bonds. The van der Waals surface area contributed by atoms with E-state index in [1.54, 1.807) is 16.0 Å². The largest absolute Gasteiger partial charge is 0.408 e. The van der Waals surface area contributed by atoms with Crippen molar-refractivity contribution in [3.63, 3.8) is 0 Å². The van der Waals surface area contributed by atoms with Gasteiger partial charge in [0.25, 0.3) is 10.7 Å². The lowest BCUT2D eigenvalue weighted by atomic mass is 9.92. The Balaban J connectivity index is 1.65. The predicted molar refractivity (Wildman–Crippen MR) is 84.6 cm³/mol. The number of hydrogen-bond acceptors (Lipinski definition) is 6. The smallest absolute Gasteiger partial charge is 0.288 e. The minimum absolute atomic E-state index is 0.216. The Bertz CT molecular complexity index is 625. The molecule has 1 fully saturated rings. The highest BCUT2D eigenvalue weighted by Gasteiger charge is 2.23. The van der Waals surface area contributed by atoms with Crippen LogP contribution in [0.25, 0.3) is 10.8 Å².